The summed E-state index contributed by atoms with van der Waals surface area (Å²) in [5, 5.41) is 3.63. The zero-order valence-electron chi connectivity index (χ0n) is 10.2. The third-order valence-corrected chi connectivity index (χ3v) is 5.56. The topological polar surface area (TPSA) is 30.5 Å². The van der Waals surface area contributed by atoms with Crippen molar-refractivity contribution in [2.24, 2.45) is 0 Å². The van der Waals surface area contributed by atoms with Crippen LogP contribution in [0, 0.1) is 0 Å². The highest BCUT2D eigenvalue weighted by Gasteiger charge is 2.15. The Morgan fingerprint density at radius 1 is 1.11 bits per heavy atom. The van der Waals surface area contributed by atoms with Gasteiger partial charge in [0.2, 0.25) is 6.79 Å². The first-order valence-corrected chi connectivity index (χ1v) is 8.50. The van der Waals surface area contributed by atoms with Gasteiger partial charge in [-0.2, -0.15) is 23.5 Å². The number of benzene rings is 1. The molecule has 0 amide bonds. The van der Waals surface area contributed by atoms with Crippen LogP contribution in [-0.2, 0) is 6.54 Å². The van der Waals surface area contributed by atoms with Crippen LogP contribution in [0.5, 0.6) is 11.5 Å². The van der Waals surface area contributed by atoms with Crippen LogP contribution in [0.2, 0.25) is 0 Å². The van der Waals surface area contributed by atoms with Crippen molar-refractivity contribution in [1.29, 1.82) is 0 Å². The molecular weight excluding hydrogens is 266 g/mol. The minimum atomic E-state index is 0.349. The van der Waals surface area contributed by atoms with E-state index in [0.29, 0.717) is 12.8 Å². The van der Waals surface area contributed by atoms with Crippen LogP contribution < -0.4 is 14.8 Å². The molecule has 3 nitrogen and oxygen atoms in total. The molecular formula is C13H17NO2S2. The molecule has 0 aromatic heterocycles. The lowest BCUT2D eigenvalue weighted by molar-refractivity contribution is 0.174. The molecule has 1 N–H and O–H groups in total. The lowest BCUT2D eigenvalue weighted by Crippen LogP contribution is -2.32. The molecule has 1 saturated heterocycles. The lowest BCUT2D eigenvalue weighted by atomic mass is 10.2. The second kappa shape index (κ2) is 6.08. The first-order chi connectivity index (χ1) is 8.92. The quantitative estimate of drug-likeness (QED) is 0.920. The van der Waals surface area contributed by atoms with E-state index in [9.17, 15) is 0 Å². The molecule has 0 unspecified atom stereocenters. The first-order valence-electron chi connectivity index (χ1n) is 6.19. The van der Waals surface area contributed by atoms with Gasteiger partial charge in [-0.15, -0.1) is 0 Å². The van der Waals surface area contributed by atoms with Gasteiger partial charge in [0.25, 0.3) is 0 Å². The Morgan fingerprint density at radius 3 is 2.72 bits per heavy atom. The third kappa shape index (κ3) is 3.08. The Bertz CT molecular complexity index is 406. The van der Waals surface area contributed by atoms with Gasteiger partial charge in [0.15, 0.2) is 11.5 Å². The number of rotatable bonds is 3. The van der Waals surface area contributed by atoms with Crippen molar-refractivity contribution in [3.8, 4) is 11.5 Å². The molecule has 0 bridgehead atoms. The molecule has 3 rings (SSSR count). The van der Waals surface area contributed by atoms with E-state index in [1.54, 1.807) is 0 Å². The van der Waals surface area contributed by atoms with Crippen LogP contribution in [0.15, 0.2) is 18.2 Å². The normalized spacial score (nSPS) is 19.8. The molecule has 98 valence electrons. The van der Waals surface area contributed by atoms with Crippen LogP contribution in [0.3, 0.4) is 0 Å². The Kier molecular flexibility index (Phi) is 4.23. The molecule has 0 aliphatic carbocycles. The fraction of sp³-hybridized carbons (Fsp3) is 0.538. The molecule has 0 atom stereocenters. The number of fused-ring (bicyclic) bond motifs is 1. The maximum Gasteiger partial charge on any atom is 0.231 e. The number of hydrogen-bond acceptors (Lipinski definition) is 5. The maximum atomic E-state index is 5.39. The van der Waals surface area contributed by atoms with Gasteiger partial charge in [-0.25, -0.2) is 0 Å². The van der Waals surface area contributed by atoms with E-state index in [4.69, 9.17) is 9.47 Å². The fourth-order valence-electron chi connectivity index (χ4n) is 2.05. The van der Waals surface area contributed by atoms with Crippen LogP contribution in [-0.4, -0.2) is 35.8 Å². The minimum absolute atomic E-state index is 0.349. The SMILES string of the molecule is c1cc2c(cc1CNC1CSCCSC1)OCO2. The molecule has 0 radical (unpaired) electrons. The van der Waals surface area contributed by atoms with Gasteiger partial charge in [0.1, 0.15) is 0 Å². The van der Waals surface area contributed by atoms with Crippen molar-refractivity contribution in [2.45, 2.75) is 12.6 Å². The summed E-state index contributed by atoms with van der Waals surface area (Å²) in [6.07, 6.45) is 0. The van der Waals surface area contributed by atoms with Crippen molar-refractivity contribution in [3.63, 3.8) is 0 Å². The molecule has 0 saturated carbocycles. The van der Waals surface area contributed by atoms with Gasteiger partial charge in [-0.05, 0) is 17.7 Å². The van der Waals surface area contributed by atoms with Gasteiger partial charge in [0, 0.05) is 35.6 Å². The van der Waals surface area contributed by atoms with Crippen LogP contribution in [0.25, 0.3) is 0 Å². The number of thioether (sulfide) groups is 2. The van der Waals surface area contributed by atoms with E-state index in [1.165, 1.54) is 28.6 Å². The Balaban J connectivity index is 1.56. The van der Waals surface area contributed by atoms with Gasteiger partial charge in [0.05, 0.1) is 0 Å². The highest BCUT2D eigenvalue weighted by molar-refractivity contribution is 8.03. The van der Waals surface area contributed by atoms with Gasteiger partial charge >= 0.3 is 0 Å². The predicted octanol–water partition coefficient (Wildman–Crippen LogP) is 2.35. The zero-order chi connectivity index (χ0) is 12.2. The van der Waals surface area contributed by atoms with Crippen LogP contribution in [0.1, 0.15) is 5.56 Å². The van der Waals surface area contributed by atoms with E-state index in [-0.39, 0.29) is 0 Å². The van der Waals surface area contributed by atoms with Crippen molar-refractivity contribution < 1.29 is 9.47 Å². The number of ether oxygens (including phenoxy) is 2. The molecule has 2 aliphatic rings. The summed E-state index contributed by atoms with van der Waals surface area (Å²) in [4.78, 5) is 0. The zero-order valence-corrected chi connectivity index (χ0v) is 11.8. The van der Waals surface area contributed by atoms with Gasteiger partial charge < -0.3 is 14.8 Å². The monoisotopic (exact) mass is 283 g/mol. The largest absolute Gasteiger partial charge is 0.454 e. The van der Waals surface area contributed by atoms with Crippen molar-refractivity contribution in [1.82, 2.24) is 5.32 Å². The molecule has 1 aromatic rings. The minimum Gasteiger partial charge on any atom is -0.454 e. The lowest BCUT2D eigenvalue weighted by Gasteiger charge is -2.15. The summed E-state index contributed by atoms with van der Waals surface area (Å²) in [6.45, 7) is 1.25. The fourth-order valence-corrected chi connectivity index (χ4v) is 4.51. The van der Waals surface area contributed by atoms with Crippen LogP contribution in [0.4, 0.5) is 0 Å². The van der Waals surface area contributed by atoms with Gasteiger partial charge in [-0.3, -0.25) is 0 Å². The molecule has 2 heterocycles. The standard InChI is InChI=1S/C13H17NO2S2/c1-2-12-13(16-9-15-12)5-10(1)6-14-11-7-17-3-4-18-8-11/h1-2,5,11,14H,3-4,6-9H2. The van der Waals surface area contributed by atoms with Crippen molar-refractivity contribution in [2.75, 3.05) is 29.8 Å². The first kappa shape index (κ1) is 12.5. The van der Waals surface area contributed by atoms with E-state index < -0.39 is 0 Å². The average Bonchev–Trinajstić information content (AvgIpc) is 2.70. The van der Waals surface area contributed by atoms with E-state index in [2.05, 4.69) is 41.0 Å². The smallest absolute Gasteiger partial charge is 0.231 e. The van der Waals surface area contributed by atoms with E-state index in [0.717, 1.165) is 18.0 Å². The molecule has 2 aliphatic heterocycles. The second-order valence-corrected chi connectivity index (χ2v) is 6.71. The molecule has 0 spiro atoms. The van der Waals surface area contributed by atoms with E-state index in [1.807, 2.05) is 6.07 Å². The number of nitrogens with one attached hydrogen (secondary N) is 1. The van der Waals surface area contributed by atoms with Gasteiger partial charge in [-0.1, -0.05) is 6.07 Å². The Morgan fingerprint density at radius 2 is 1.89 bits per heavy atom. The third-order valence-electron chi connectivity index (χ3n) is 3.04. The highest BCUT2D eigenvalue weighted by Crippen LogP contribution is 2.32. The average molecular weight is 283 g/mol. The second-order valence-electron chi connectivity index (χ2n) is 4.42. The molecule has 5 heteroatoms. The summed E-state index contributed by atoms with van der Waals surface area (Å²) in [5.41, 5.74) is 1.26. The molecule has 1 fully saturated rings. The highest BCUT2D eigenvalue weighted by atomic mass is 32.2. The Labute approximate surface area is 116 Å². The van der Waals surface area contributed by atoms with Crippen molar-refractivity contribution in [3.05, 3.63) is 23.8 Å². The molecule has 1 aromatic carbocycles. The Hall–Kier alpha value is -0.520. The van der Waals surface area contributed by atoms with Crippen LogP contribution >= 0.6 is 23.5 Å². The summed E-state index contributed by atoms with van der Waals surface area (Å²) in [6, 6.07) is 6.80. The van der Waals surface area contributed by atoms with Crippen molar-refractivity contribution >= 4 is 23.5 Å². The summed E-state index contributed by atoms with van der Waals surface area (Å²) in [7, 11) is 0. The summed E-state index contributed by atoms with van der Waals surface area (Å²) < 4.78 is 10.7. The maximum absolute atomic E-state index is 5.39. The molecule has 18 heavy (non-hydrogen) atoms. The predicted molar refractivity (Wildman–Crippen MR) is 77.8 cm³/mol. The summed E-state index contributed by atoms with van der Waals surface area (Å²) >= 11 is 4.10. The van der Waals surface area contributed by atoms with E-state index >= 15 is 0 Å². The number of hydrogen-bond donors (Lipinski definition) is 1. The summed E-state index contributed by atoms with van der Waals surface area (Å²) in [5.74, 6) is 6.74.